The summed E-state index contributed by atoms with van der Waals surface area (Å²) >= 11 is 4.92. The highest BCUT2D eigenvalue weighted by molar-refractivity contribution is 8.00. The quantitative estimate of drug-likeness (QED) is 0.375. The lowest BCUT2D eigenvalue weighted by Gasteiger charge is -2.10. The van der Waals surface area contributed by atoms with Gasteiger partial charge in [-0.15, -0.1) is 0 Å². The van der Waals surface area contributed by atoms with Gasteiger partial charge in [-0.2, -0.15) is 0 Å². The molecule has 7 heteroatoms. The molecule has 0 radical (unpaired) electrons. The van der Waals surface area contributed by atoms with E-state index in [4.69, 9.17) is 18.9 Å². The molecule has 152 valence electrons. The molecule has 0 aliphatic rings. The van der Waals surface area contributed by atoms with Crippen molar-refractivity contribution in [3.63, 3.8) is 0 Å². The summed E-state index contributed by atoms with van der Waals surface area (Å²) in [5.41, 5.74) is 2.42. The van der Waals surface area contributed by atoms with Crippen molar-refractivity contribution in [2.24, 2.45) is 0 Å². The molecule has 27 heavy (non-hydrogen) atoms. The molecular formula is C20H30O4S3. The SMILES string of the molecule is CCOc1sc(OCC)c(Sc2c(OCC)sc(OCC)c2CC)c1CC. The molecule has 0 amide bonds. The molecule has 2 aromatic rings. The Morgan fingerprint density at radius 1 is 0.556 bits per heavy atom. The first-order valence-corrected chi connectivity index (χ1v) is 12.1. The average Bonchev–Trinajstić information content (AvgIpc) is 3.14. The summed E-state index contributed by atoms with van der Waals surface area (Å²) in [6.07, 6.45) is 1.80. The summed E-state index contributed by atoms with van der Waals surface area (Å²) in [5, 5.41) is 3.78. The summed E-state index contributed by atoms with van der Waals surface area (Å²) in [6.45, 7) is 15.0. The monoisotopic (exact) mass is 430 g/mol. The molecule has 2 heterocycles. The maximum atomic E-state index is 5.96. The second kappa shape index (κ2) is 11.1. The summed E-state index contributed by atoms with van der Waals surface area (Å²) in [6, 6.07) is 0. The van der Waals surface area contributed by atoms with Gasteiger partial charge < -0.3 is 18.9 Å². The zero-order valence-electron chi connectivity index (χ0n) is 17.1. The largest absolute Gasteiger partial charge is 0.484 e. The minimum Gasteiger partial charge on any atom is -0.484 e. The molecule has 0 aromatic carbocycles. The lowest BCUT2D eigenvalue weighted by atomic mass is 10.2. The van der Waals surface area contributed by atoms with Crippen LogP contribution in [0.25, 0.3) is 0 Å². The van der Waals surface area contributed by atoms with Gasteiger partial charge in [0.15, 0.2) is 20.3 Å². The Bertz CT molecular complexity index is 661. The normalized spacial score (nSPS) is 10.9. The Morgan fingerprint density at radius 2 is 0.889 bits per heavy atom. The van der Waals surface area contributed by atoms with Crippen molar-refractivity contribution in [1.29, 1.82) is 0 Å². The third-order valence-corrected chi connectivity index (χ3v) is 7.44. The van der Waals surface area contributed by atoms with Crippen LogP contribution in [0.15, 0.2) is 9.79 Å². The van der Waals surface area contributed by atoms with E-state index in [-0.39, 0.29) is 0 Å². The summed E-state index contributed by atoms with van der Waals surface area (Å²) in [7, 11) is 0. The van der Waals surface area contributed by atoms with Gasteiger partial charge in [-0.1, -0.05) is 48.3 Å². The molecule has 0 atom stereocenters. The molecule has 0 aliphatic heterocycles. The lowest BCUT2D eigenvalue weighted by molar-refractivity contribution is 0.341. The highest BCUT2D eigenvalue weighted by Gasteiger charge is 2.26. The van der Waals surface area contributed by atoms with Crippen molar-refractivity contribution in [3.05, 3.63) is 11.1 Å². The van der Waals surface area contributed by atoms with E-state index in [1.54, 1.807) is 34.4 Å². The van der Waals surface area contributed by atoms with Gasteiger partial charge in [0.05, 0.1) is 36.2 Å². The fourth-order valence-electron chi connectivity index (χ4n) is 2.68. The van der Waals surface area contributed by atoms with Crippen LogP contribution in [0.3, 0.4) is 0 Å². The molecule has 0 aliphatic carbocycles. The average molecular weight is 431 g/mol. The van der Waals surface area contributed by atoms with Crippen LogP contribution in [0.4, 0.5) is 0 Å². The number of hydrogen-bond acceptors (Lipinski definition) is 7. The van der Waals surface area contributed by atoms with Gasteiger partial charge >= 0.3 is 0 Å². The Labute approximate surface area is 175 Å². The fourth-order valence-corrected chi connectivity index (χ4v) is 6.74. The molecule has 0 N–H and O–H groups in total. The molecule has 0 spiro atoms. The topological polar surface area (TPSA) is 36.9 Å². The van der Waals surface area contributed by atoms with Gasteiger partial charge in [-0.3, -0.25) is 0 Å². The molecule has 0 saturated heterocycles. The lowest BCUT2D eigenvalue weighted by Crippen LogP contribution is -1.96. The smallest absolute Gasteiger partial charge is 0.191 e. The van der Waals surface area contributed by atoms with E-state index in [1.165, 1.54) is 11.1 Å². The first kappa shape index (κ1) is 22.2. The Morgan fingerprint density at radius 3 is 1.19 bits per heavy atom. The third-order valence-electron chi connectivity index (χ3n) is 3.80. The first-order valence-electron chi connectivity index (χ1n) is 9.65. The molecule has 2 aromatic heterocycles. The van der Waals surface area contributed by atoms with Crippen LogP contribution in [0, 0.1) is 0 Å². The zero-order chi connectivity index (χ0) is 19.8. The molecular weight excluding hydrogens is 400 g/mol. The standard InChI is InChI=1S/C20H30O4S3/c1-7-13-15(19(23-11-5)26-17(13)21-9-3)25-16-14(8-2)18(22-10-4)27-20(16)24-12-6/h7-12H2,1-6H3. The van der Waals surface area contributed by atoms with Crippen LogP contribution in [0.1, 0.15) is 52.7 Å². The predicted molar refractivity (Wildman–Crippen MR) is 116 cm³/mol. The number of rotatable bonds is 12. The number of thiophene rings is 2. The third kappa shape index (κ3) is 5.06. The van der Waals surface area contributed by atoms with Crippen molar-refractivity contribution in [2.45, 2.75) is 64.2 Å². The number of hydrogen-bond donors (Lipinski definition) is 0. The second-order valence-corrected chi connectivity index (χ2v) is 8.42. The van der Waals surface area contributed by atoms with Gasteiger partial charge in [0.2, 0.25) is 0 Å². The summed E-state index contributed by atoms with van der Waals surface area (Å²) in [5.74, 6) is 0. The van der Waals surface area contributed by atoms with Gasteiger partial charge in [-0.25, -0.2) is 0 Å². The molecule has 0 saturated carbocycles. The maximum absolute atomic E-state index is 5.96. The Hall–Kier alpha value is -1.05. The van der Waals surface area contributed by atoms with E-state index in [0.29, 0.717) is 26.4 Å². The Balaban J connectivity index is 2.54. The minimum absolute atomic E-state index is 0.635. The minimum atomic E-state index is 0.635. The number of ether oxygens (including phenoxy) is 4. The summed E-state index contributed by atoms with van der Waals surface area (Å²) < 4.78 is 23.7. The van der Waals surface area contributed by atoms with Crippen molar-refractivity contribution >= 4 is 34.4 Å². The predicted octanol–water partition coefficient (Wildman–Crippen LogP) is 6.68. The van der Waals surface area contributed by atoms with Crippen molar-refractivity contribution < 1.29 is 18.9 Å². The molecule has 0 bridgehead atoms. The zero-order valence-corrected chi connectivity index (χ0v) is 19.5. The van der Waals surface area contributed by atoms with Crippen LogP contribution in [0.5, 0.6) is 20.3 Å². The van der Waals surface area contributed by atoms with Gasteiger partial charge in [0.1, 0.15) is 0 Å². The van der Waals surface area contributed by atoms with Crippen molar-refractivity contribution in [3.8, 4) is 20.3 Å². The maximum Gasteiger partial charge on any atom is 0.191 e. The van der Waals surface area contributed by atoms with E-state index in [9.17, 15) is 0 Å². The van der Waals surface area contributed by atoms with Crippen LogP contribution < -0.4 is 18.9 Å². The van der Waals surface area contributed by atoms with E-state index in [1.807, 2.05) is 27.7 Å². The van der Waals surface area contributed by atoms with Crippen LogP contribution in [-0.4, -0.2) is 26.4 Å². The van der Waals surface area contributed by atoms with E-state index in [2.05, 4.69) is 13.8 Å². The van der Waals surface area contributed by atoms with Crippen molar-refractivity contribution in [1.82, 2.24) is 0 Å². The fraction of sp³-hybridized carbons (Fsp3) is 0.600. The van der Waals surface area contributed by atoms with E-state index < -0.39 is 0 Å². The molecule has 0 fully saturated rings. The molecule has 0 unspecified atom stereocenters. The van der Waals surface area contributed by atoms with E-state index in [0.717, 1.165) is 42.9 Å². The Kier molecular flexibility index (Phi) is 9.12. The molecule has 2 rings (SSSR count). The molecule has 4 nitrogen and oxygen atoms in total. The van der Waals surface area contributed by atoms with Crippen LogP contribution >= 0.6 is 34.4 Å². The highest BCUT2D eigenvalue weighted by atomic mass is 32.2. The van der Waals surface area contributed by atoms with Crippen molar-refractivity contribution in [2.75, 3.05) is 26.4 Å². The van der Waals surface area contributed by atoms with Crippen LogP contribution in [0.2, 0.25) is 0 Å². The van der Waals surface area contributed by atoms with Gasteiger partial charge in [-0.05, 0) is 40.5 Å². The van der Waals surface area contributed by atoms with Gasteiger partial charge in [0, 0.05) is 11.1 Å². The van der Waals surface area contributed by atoms with Crippen LogP contribution in [-0.2, 0) is 12.8 Å². The first-order chi connectivity index (χ1) is 13.1. The van der Waals surface area contributed by atoms with E-state index >= 15 is 0 Å². The van der Waals surface area contributed by atoms with Gasteiger partial charge in [0.25, 0.3) is 0 Å². The summed E-state index contributed by atoms with van der Waals surface area (Å²) in [4.78, 5) is 2.29. The highest BCUT2D eigenvalue weighted by Crippen LogP contribution is 2.55. The second-order valence-electron chi connectivity index (χ2n) is 5.51.